The highest BCUT2D eigenvalue weighted by Crippen LogP contribution is 2.23. The average Bonchev–Trinajstić information content (AvgIpc) is 2.70. The number of amides is 2. The molecule has 1 fully saturated rings. The molecule has 1 aliphatic rings. The Morgan fingerprint density at radius 2 is 1.74 bits per heavy atom. The van der Waals surface area contributed by atoms with Gasteiger partial charge in [-0.3, -0.25) is 14.8 Å². The number of nitrogens with one attached hydrogen (secondary N) is 1. The fraction of sp³-hybridized carbons (Fsp3) is 0.579. The van der Waals surface area contributed by atoms with Crippen molar-refractivity contribution >= 4 is 17.5 Å². The molecule has 0 radical (unpaired) electrons. The van der Waals surface area contributed by atoms with Gasteiger partial charge in [0.1, 0.15) is 11.9 Å². The number of nitrogens with zero attached hydrogens (tertiary/aromatic N) is 2. The van der Waals surface area contributed by atoms with E-state index in [1.807, 2.05) is 38.1 Å². The van der Waals surface area contributed by atoms with Crippen LogP contribution in [0.25, 0.3) is 0 Å². The molecule has 27 heavy (non-hydrogen) atoms. The first-order valence-corrected chi connectivity index (χ1v) is 9.17. The molecule has 8 nitrogen and oxygen atoms in total. The maximum Gasteiger partial charge on any atom is 0.272 e. The van der Waals surface area contributed by atoms with Gasteiger partial charge in [0.05, 0.1) is 13.0 Å². The molecule has 3 N–H and O–H groups in total. The molecule has 2 atom stereocenters. The van der Waals surface area contributed by atoms with Gasteiger partial charge in [-0.25, -0.2) is 5.48 Å². The van der Waals surface area contributed by atoms with Crippen molar-refractivity contribution in [3.8, 4) is 5.75 Å². The lowest BCUT2D eigenvalue weighted by atomic mass is 9.90. The first kappa shape index (κ1) is 21.0. The van der Waals surface area contributed by atoms with E-state index >= 15 is 0 Å². The van der Waals surface area contributed by atoms with Crippen LogP contribution in [0.4, 0.5) is 5.69 Å². The molecule has 2 amide bonds. The average molecular weight is 379 g/mol. The van der Waals surface area contributed by atoms with Crippen LogP contribution in [-0.2, 0) is 9.59 Å². The number of hydrogen-bond donors (Lipinski definition) is 3. The zero-order valence-corrected chi connectivity index (χ0v) is 16.1. The number of aliphatic hydroxyl groups excluding tert-OH is 1. The van der Waals surface area contributed by atoms with E-state index in [-0.39, 0.29) is 11.8 Å². The van der Waals surface area contributed by atoms with Gasteiger partial charge >= 0.3 is 0 Å². The molecule has 0 unspecified atom stereocenters. The van der Waals surface area contributed by atoms with E-state index in [1.54, 1.807) is 12.0 Å². The Balaban J connectivity index is 2.00. The van der Waals surface area contributed by atoms with Crippen LogP contribution in [0, 0.1) is 11.8 Å². The zero-order valence-electron chi connectivity index (χ0n) is 16.1. The summed E-state index contributed by atoms with van der Waals surface area (Å²) in [5.41, 5.74) is 2.49. The van der Waals surface area contributed by atoms with E-state index in [0.29, 0.717) is 32.6 Å². The van der Waals surface area contributed by atoms with Gasteiger partial charge < -0.3 is 19.6 Å². The molecule has 8 heteroatoms. The fourth-order valence-corrected chi connectivity index (χ4v) is 3.33. The molecule has 1 aliphatic heterocycles. The number of carbonyl (C=O) groups is 2. The summed E-state index contributed by atoms with van der Waals surface area (Å²) in [5.74, 6) is -1.16. The third-order valence-electron chi connectivity index (χ3n) is 4.83. The SMILES string of the molecule is COc1ccc(N2CCN(C(=O)[C@@H](CC(C)C)[C@H](O)C(=O)NO)CC2)cc1. The van der Waals surface area contributed by atoms with E-state index in [2.05, 4.69) is 4.90 Å². The molecule has 0 spiro atoms. The fourth-order valence-electron chi connectivity index (χ4n) is 3.33. The number of anilines is 1. The number of ether oxygens (including phenoxy) is 1. The number of carbonyl (C=O) groups excluding carboxylic acids is 2. The lowest BCUT2D eigenvalue weighted by Crippen LogP contribution is -2.53. The lowest BCUT2D eigenvalue weighted by molar-refractivity contribution is -0.151. The summed E-state index contributed by atoms with van der Waals surface area (Å²) in [5, 5.41) is 18.9. The Morgan fingerprint density at radius 1 is 1.15 bits per heavy atom. The monoisotopic (exact) mass is 379 g/mol. The summed E-state index contributed by atoms with van der Waals surface area (Å²) in [6.07, 6.45) is -1.20. The molecule has 0 aliphatic carbocycles. The van der Waals surface area contributed by atoms with E-state index in [0.717, 1.165) is 11.4 Å². The summed E-state index contributed by atoms with van der Waals surface area (Å²) in [7, 11) is 1.62. The highest BCUT2D eigenvalue weighted by atomic mass is 16.5. The van der Waals surface area contributed by atoms with Crippen molar-refractivity contribution < 1.29 is 24.6 Å². The second kappa shape index (κ2) is 9.57. The van der Waals surface area contributed by atoms with Gasteiger partial charge in [0.25, 0.3) is 5.91 Å². The van der Waals surface area contributed by atoms with Crippen molar-refractivity contribution in [2.24, 2.45) is 11.8 Å². The van der Waals surface area contributed by atoms with Crippen LogP contribution in [0.5, 0.6) is 5.75 Å². The smallest absolute Gasteiger partial charge is 0.272 e. The maximum atomic E-state index is 12.9. The van der Waals surface area contributed by atoms with Crippen LogP contribution in [0.15, 0.2) is 24.3 Å². The molecule has 0 aromatic heterocycles. The second-order valence-electron chi connectivity index (χ2n) is 7.17. The first-order valence-electron chi connectivity index (χ1n) is 9.17. The number of piperazine rings is 1. The molecule has 0 bridgehead atoms. The number of hydrogen-bond acceptors (Lipinski definition) is 6. The Morgan fingerprint density at radius 3 is 2.22 bits per heavy atom. The minimum Gasteiger partial charge on any atom is -0.497 e. The van der Waals surface area contributed by atoms with Gasteiger partial charge in [0.2, 0.25) is 5.91 Å². The van der Waals surface area contributed by atoms with Crippen molar-refractivity contribution in [1.82, 2.24) is 10.4 Å². The molecular formula is C19H29N3O5. The van der Waals surface area contributed by atoms with Crippen molar-refractivity contribution in [2.75, 3.05) is 38.2 Å². The van der Waals surface area contributed by atoms with E-state index in [4.69, 9.17) is 9.94 Å². The molecule has 1 aromatic carbocycles. The summed E-state index contributed by atoms with van der Waals surface area (Å²) in [6.45, 7) is 6.18. The van der Waals surface area contributed by atoms with Crippen LogP contribution in [0.3, 0.4) is 0 Å². The quantitative estimate of drug-likeness (QED) is 0.480. The lowest BCUT2D eigenvalue weighted by Gasteiger charge is -2.38. The van der Waals surface area contributed by atoms with Gasteiger partial charge in [0.15, 0.2) is 0 Å². The number of benzene rings is 1. The standard InChI is InChI=1S/C19H29N3O5/c1-13(2)12-16(17(23)18(24)20-26)19(25)22-10-8-21(9-11-22)14-4-6-15(27-3)7-5-14/h4-7,13,16-17,23,26H,8-12H2,1-3H3,(H,20,24)/t16-,17-/m0/s1. The molecule has 0 saturated carbocycles. The van der Waals surface area contributed by atoms with Crippen molar-refractivity contribution in [1.29, 1.82) is 0 Å². The summed E-state index contributed by atoms with van der Waals surface area (Å²) >= 11 is 0. The Labute approximate surface area is 159 Å². The number of rotatable bonds is 7. The highest BCUT2D eigenvalue weighted by molar-refractivity contribution is 5.88. The highest BCUT2D eigenvalue weighted by Gasteiger charge is 2.36. The van der Waals surface area contributed by atoms with Crippen molar-refractivity contribution in [3.05, 3.63) is 24.3 Å². The van der Waals surface area contributed by atoms with Gasteiger partial charge in [0, 0.05) is 31.9 Å². The Hall–Kier alpha value is -2.32. The van der Waals surface area contributed by atoms with Crippen LogP contribution < -0.4 is 15.1 Å². The molecule has 1 aromatic rings. The second-order valence-corrected chi connectivity index (χ2v) is 7.17. The topological polar surface area (TPSA) is 102 Å². The summed E-state index contributed by atoms with van der Waals surface area (Å²) in [6, 6.07) is 7.76. The van der Waals surface area contributed by atoms with Crippen LogP contribution >= 0.6 is 0 Å². The number of aliphatic hydroxyl groups is 1. The zero-order chi connectivity index (χ0) is 20.0. The Bertz CT molecular complexity index is 627. The maximum absolute atomic E-state index is 12.9. The normalized spacial score (nSPS) is 16.8. The predicted octanol–water partition coefficient (Wildman–Crippen LogP) is 0.872. The number of methoxy groups -OCH3 is 1. The molecular weight excluding hydrogens is 350 g/mol. The minimum atomic E-state index is -1.57. The molecule has 1 saturated heterocycles. The Kier molecular flexibility index (Phi) is 7.44. The summed E-state index contributed by atoms with van der Waals surface area (Å²) < 4.78 is 5.17. The van der Waals surface area contributed by atoms with Crippen LogP contribution in [0.1, 0.15) is 20.3 Å². The third-order valence-corrected chi connectivity index (χ3v) is 4.83. The predicted molar refractivity (Wildman–Crippen MR) is 101 cm³/mol. The van der Waals surface area contributed by atoms with E-state index < -0.39 is 17.9 Å². The number of hydroxylamine groups is 1. The van der Waals surface area contributed by atoms with Crippen LogP contribution in [0.2, 0.25) is 0 Å². The van der Waals surface area contributed by atoms with Gasteiger partial charge in [-0.2, -0.15) is 0 Å². The largest absolute Gasteiger partial charge is 0.497 e. The molecule has 1 heterocycles. The van der Waals surface area contributed by atoms with Gasteiger partial charge in [-0.1, -0.05) is 13.8 Å². The van der Waals surface area contributed by atoms with Gasteiger partial charge in [-0.15, -0.1) is 0 Å². The van der Waals surface area contributed by atoms with E-state index in [1.165, 1.54) is 5.48 Å². The van der Waals surface area contributed by atoms with E-state index in [9.17, 15) is 14.7 Å². The summed E-state index contributed by atoms with van der Waals surface area (Å²) in [4.78, 5) is 28.4. The molecule has 2 rings (SSSR count). The third kappa shape index (κ3) is 5.33. The van der Waals surface area contributed by atoms with Crippen molar-refractivity contribution in [3.63, 3.8) is 0 Å². The van der Waals surface area contributed by atoms with Gasteiger partial charge in [-0.05, 0) is 36.6 Å². The van der Waals surface area contributed by atoms with Crippen LogP contribution in [-0.4, -0.2) is 66.4 Å². The minimum absolute atomic E-state index is 0.126. The first-order chi connectivity index (χ1) is 12.9. The molecule has 150 valence electrons. The van der Waals surface area contributed by atoms with Crippen molar-refractivity contribution in [2.45, 2.75) is 26.4 Å².